The SMILES string of the molecule is COc1ccc2c(c1)[C@H](N)CC(c1ccc(Cl)cc1C)O2. The van der Waals surface area contributed by atoms with Crippen LogP contribution in [0.3, 0.4) is 0 Å². The lowest BCUT2D eigenvalue weighted by atomic mass is 9.91. The monoisotopic (exact) mass is 303 g/mol. The van der Waals surface area contributed by atoms with Crippen LogP contribution in [0.5, 0.6) is 11.5 Å². The molecule has 0 radical (unpaired) electrons. The largest absolute Gasteiger partial charge is 0.497 e. The van der Waals surface area contributed by atoms with E-state index < -0.39 is 0 Å². The lowest BCUT2D eigenvalue weighted by Gasteiger charge is -2.31. The first kappa shape index (κ1) is 14.2. The second kappa shape index (κ2) is 5.58. The van der Waals surface area contributed by atoms with Crippen molar-refractivity contribution >= 4 is 11.6 Å². The average Bonchev–Trinajstić information content (AvgIpc) is 2.47. The molecule has 0 fully saturated rings. The van der Waals surface area contributed by atoms with Crippen molar-refractivity contribution < 1.29 is 9.47 Å². The van der Waals surface area contributed by atoms with E-state index in [1.54, 1.807) is 7.11 Å². The van der Waals surface area contributed by atoms with Gasteiger partial charge < -0.3 is 15.2 Å². The van der Waals surface area contributed by atoms with Crippen molar-refractivity contribution in [2.45, 2.75) is 25.5 Å². The van der Waals surface area contributed by atoms with Gasteiger partial charge >= 0.3 is 0 Å². The molecule has 1 heterocycles. The lowest BCUT2D eigenvalue weighted by molar-refractivity contribution is 0.160. The van der Waals surface area contributed by atoms with Crippen molar-refractivity contribution in [2.75, 3.05) is 7.11 Å². The number of rotatable bonds is 2. The van der Waals surface area contributed by atoms with Gasteiger partial charge in [0.25, 0.3) is 0 Å². The van der Waals surface area contributed by atoms with Gasteiger partial charge in [-0.2, -0.15) is 0 Å². The minimum absolute atomic E-state index is 0.0434. The molecule has 1 unspecified atom stereocenters. The Labute approximate surface area is 129 Å². The summed E-state index contributed by atoms with van der Waals surface area (Å²) in [6, 6.07) is 11.6. The van der Waals surface area contributed by atoms with Gasteiger partial charge in [0.1, 0.15) is 17.6 Å². The molecule has 21 heavy (non-hydrogen) atoms. The Kier molecular flexibility index (Phi) is 3.79. The molecule has 0 saturated heterocycles. The smallest absolute Gasteiger partial charge is 0.126 e. The van der Waals surface area contributed by atoms with Crippen LogP contribution in [-0.4, -0.2) is 7.11 Å². The van der Waals surface area contributed by atoms with E-state index >= 15 is 0 Å². The zero-order valence-corrected chi connectivity index (χ0v) is 12.9. The fraction of sp³-hybridized carbons (Fsp3) is 0.294. The van der Waals surface area contributed by atoms with Crippen LogP contribution in [0.4, 0.5) is 0 Å². The molecule has 0 amide bonds. The lowest BCUT2D eigenvalue weighted by Crippen LogP contribution is -2.24. The molecule has 2 atom stereocenters. The van der Waals surface area contributed by atoms with Crippen LogP contribution in [0.15, 0.2) is 36.4 Å². The number of ether oxygens (including phenoxy) is 2. The van der Waals surface area contributed by atoms with E-state index in [-0.39, 0.29) is 12.1 Å². The Bertz CT molecular complexity index is 672. The molecule has 2 aromatic carbocycles. The van der Waals surface area contributed by atoms with Crippen LogP contribution in [0, 0.1) is 6.92 Å². The first-order valence-corrected chi connectivity index (χ1v) is 7.32. The van der Waals surface area contributed by atoms with Crippen molar-refractivity contribution in [3.05, 3.63) is 58.1 Å². The molecule has 0 aliphatic carbocycles. The van der Waals surface area contributed by atoms with Crippen LogP contribution in [0.2, 0.25) is 5.02 Å². The number of benzene rings is 2. The summed E-state index contributed by atoms with van der Waals surface area (Å²) in [7, 11) is 1.65. The van der Waals surface area contributed by atoms with Gasteiger partial charge in [-0.3, -0.25) is 0 Å². The zero-order valence-electron chi connectivity index (χ0n) is 12.1. The minimum Gasteiger partial charge on any atom is -0.497 e. The molecule has 3 nitrogen and oxygen atoms in total. The van der Waals surface area contributed by atoms with Gasteiger partial charge in [-0.05, 0) is 48.4 Å². The summed E-state index contributed by atoms with van der Waals surface area (Å²) in [5, 5.41) is 0.737. The molecule has 2 N–H and O–H groups in total. The van der Waals surface area contributed by atoms with Crippen LogP contribution in [0.25, 0.3) is 0 Å². The highest BCUT2D eigenvalue weighted by Crippen LogP contribution is 2.42. The van der Waals surface area contributed by atoms with Crippen molar-refractivity contribution in [2.24, 2.45) is 5.73 Å². The Morgan fingerprint density at radius 2 is 2.00 bits per heavy atom. The summed E-state index contributed by atoms with van der Waals surface area (Å²) >= 11 is 6.02. The molecule has 1 aliphatic heterocycles. The van der Waals surface area contributed by atoms with E-state index in [0.717, 1.165) is 39.6 Å². The van der Waals surface area contributed by atoms with E-state index in [1.165, 1.54) is 0 Å². The normalized spacial score (nSPS) is 20.6. The highest BCUT2D eigenvalue weighted by molar-refractivity contribution is 6.30. The van der Waals surface area contributed by atoms with E-state index in [9.17, 15) is 0 Å². The number of methoxy groups -OCH3 is 1. The number of nitrogens with two attached hydrogens (primary N) is 1. The van der Waals surface area contributed by atoms with Crippen molar-refractivity contribution in [1.29, 1.82) is 0 Å². The maximum absolute atomic E-state index is 6.32. The maximum Gasteiger partial charge on any atom is 0.126 e. The number of fused-ring (bicyclic) bond motifs is 1. The van der Waals surface area contributed by atoms with E-state index in [4.69, 9.17) is 26.8 Å². The quantitative estimate of drug-likeness (QED) is 0.905. The molecule has 3 rings (SSSR count). The molecule has 0 saturated carbocycles. The zero-order chi connectivity index (χ0) is 15.0. The van der Waals surface area contributed by atoms with Crippen molar-refractivity contribution in [3.8, 4) is 11.5 Å². The molecule has 2 aromatic rings. The molecule has 0 aromatic heterocycles. The number of hydrogen-bond acceptors (Lipinski definition) is 3. The van der Waals surface area contributed by atoms with Crippen LogP contribution in [0.1, 0.15) is 35.3 Å². The Hall–Kier alpha value is -1.71. The number of halogens is 1. The van der Waals surface area contributed by atoms with Crippen LogP contribution < -0.4 is 15.2 Å². The summed E-state index contributed by atoms with van der Waals surface area (Å²) < 4.78 is 11.4. The third-order valence-corrected chi connectivity index (χ3v) is 4.17. The minimum atomic E-state index is -0.0658. The van der Waals surface area contributed by atoms with E-state index in [0.29, 0.717) is 0 Å². The Morgan fingerprint density at radius 3 is 2.71 bits per heavy atom. The summed E-state index contributed by atoms with van der Waals surface area (Å²) in [5.41, 5.74) is 9.57. The molecular formula is C17H18ClNO2. The topological polar surface area (TPSA) is 44.5 Å². The van der Waals surface area contributed by atoms with Gasteiger partial charge in [0.05, 0.1) is 7.11 Å². The predicted octanol–water partition coefficient (Wildman–Crippen LogP) is 4.18. The molecule has 1 aliphatic rings. The second-order valence-electron chi connectivity index (χ2n) is 5.35. The molecule has 0 spiro atoms. The third-order valence-electron chi connectivity index (χ3n) is 3.93. The van der Waals surface area contributed by atoms with Gasteiger partial charge in [-0.25, -0.2) is 0 Å². The van der Waals surface area contributed by atoms with Gasteiger partial charge in [0.15, 0.2) is 0 Å². The Morgan fingerprint density at radius 1 is 1.19 bits per heavy atom. The first-order valence-electron chi connectivity index (χ1n) is 6.94. The van der Waals surface area contributed by atoms with Crippen molar-refractivity contribution in [3.63, 3.8) is 0 Å². The van der Waals surface area contributed by atoms with Crippen LogP contribution in [-0.2, 0) is 0 Å². The van der Waals surface area contributed by atoms with Crippen molar-refractivity contribution in [1.82, 2.24) is 0 Å². The number of aryl methyl sites for hydroxylation is 1. The van der Waals surface area contributed by atoms with Gasteiger partial charge in [-0.15, -0.1) is 0 Å². The van der Waals surface area contributed by atoms with E-state index in [2.05, 4.69) is 0 Å². The first-order chi connectivity index (χ1) is 10.1. The Balaban J connectivity index is 1.94. The van der Waals surface area contributed by atoms with Crippen LogP contribution >= 0.6 is 11.6 Å². The molecule has 4 heteroatoms. The summed E-state index contributed by atoms with van der Waals surface area (Å²) in [6.07, 6.45) is 0.695. The van der Waals surface area contributed by atoms with Gasteiger partial charge in [0, 0.05) is 23.0 Å². The van der Waals surface area contributed by atoms with E-state index in [1.807, 2.05) is 43.3 Å². The predicted molar refractivity (Wildman–Crippen MR) is 84.1 cm³/mol. The fourth-order valence-electron chi connectivity index (χ4n) is 2.80. The summed E-state index contributed by atoms with van der Waals surface area (Å²) in [5.74, 6) is 1.63. The molecular weight excluding hydrogens is 286 g/mol. The molecule has 110 valence electrons. The van der Waals surface area contributed by atoms with Gasteiger partial charge in [-0.1, -0.05) is 17.7 Å². The number of hydrogen-bond donors (Lipinski definition) is 1. The summed E-state index contributed by atoms with van der Waals surface area (Å²) in [4.78, 5) is 0. The second-order valence-corrected chi connectivity index (χ2v) is 5.79. The highest BCUT2D eigenvalue weighted by Gasteiger charge is 2.28. The third kappa shape index (κ3) is 2.71. The average molecular weight is 304 g/mol. The molecule has 0 bridgehead atoms. The van der Waals surface area contributed by atoms with Gasteiger partial charge in [0.2, 0.25) is 0 Å². The maximum atomic E-state index is 6.32. The highest BCUT2D eigenvalue weighted by atomic mass is 35.5. The fourth-order valence-corrected chi connectivity index (χ4v) is 3.03. The standard InChI is InChI=1S/C17H18ClNO2/c1-10-7-11(18)3-5-13(10)17-9-15(19)14-8-12(20-2)4-6-16(14)21-17/h3-8,15,17H,9,19H2,1-2H3/t15-,17?/m1/s1. The summed E-state index contributed by atoms with van der Waals surface area (Å²) in [6.45, 7) is 2.04.